The largest absolute Gasteiger partial charge is 0.332 e. The molecule has 0 radical (unpaired) electrons. The van der Waals surface area contributed by atoms with Gasteiger partial charge in [-0.1, -0.05) is 13.3 Å². The maximum Gasteiger partial charge on any atom is 0.260 e. The highest BCUT2D eigenvalue weighted by Gasteiger charge is 2.35. The van der Waals surface area contributed by atoms with E-state index < -0.39 is 10.0 Å². The summed E-state index contributed by atoms with van der Waals surface area (Å²) in [6.45, 7) is 2.28. The van der Waals surface area contributed by atoms with E-state index in [1.54, 1.807) is 0 Å². The molecule has 7 heteroatoms. The third-order valence-corrected chi connectivity index (χ3v) is 5.34. The number of rotatable bonds is 6. The quantitative estimate of drug-likeness (QED) is 0.812. The number of halogens is 1. The molecule has 1 heterocycles. The SMILES string of the molecule is CCc1ncc(S(=O)(=O)N(CCCl)C2CCC2)[nH]1. The molecule has 0 saturated heterocycles. The molecule has 0 aromatic carbocycles. The van der Waals surface area contributed by atoms with Crippen LogP contribution in [0, 0.1) is 0 Å². The summed E-state index contributed by atoms with van der Waals surface area (Å²) in [7, 11) is -3.48. The standard InChI is InChI=1S/C11H18ClN3O2S/c1-2-10-13-8-11(14-10)18(16,17)15(7-6-12)9-4-3-5-9/h8-9H,2-7H2,1H3,(H,13,14). The van der Waals surface area contributed by atoms with Crippen LogP contribution in [0.3, 0.4) is 0 Å². The molecule has 0 amide bonds. The Morgan fingerprint density at radius 1 is 1.56 bits per heavy atom. The van der Waals surface area contributed by atoms with E-state index in [1.165, 1.54) is 10.5 Å². The first-order chi connectivity index (χ1) is 8.59. The summed E-state index contributed by atoms with van der Waals surface area (Å²) in [5.41, 5.74) is 0. The van der Waals surface area contributed by atoms with Gasteiger partial charge in [0.1, 0.15) is 5.82 Å². The third-order valence-electron chi connectivity index (χ3n) is 3.31. The van der Waals surface area contributed by atoms with Gasteiger partial charge in [-0.3, -0.25) is 0 Å². The number of sulfonamides is 1. The minimum Gasteiger partial charge on any atom is -0.332 e. The molecule has 0 aliphatic heterocycles. The summed E-state index contributed by atoms with van der Waals surface area (Å²) >= 11 is 5.72. The maximum atomic E-state index is 12.5. The second-order valence-corrected chi connectivity index (χ2v) is 6.67. The van der Waals surface area contributed by atoms with Crippen LogP contribution in [0.25, 0.3) is 0 Å². The molecule has 0 spiro atoms. The van der Waals surface area contributed by atoms with Crippen LogP contribution in [0.1, 0.15) is 32.0 Å². The van der Waals surface area contributed by atoms with Crippen LogP contribution in [0.2, 0.25) is 0 Å². The highest BCUT2D eigenvalue weighted by atomic mass is 35.5. The van der Waals surface area contributed by atoms with Crippen molar-refractivity contribution < 1.29 is 8.42 Å². The van der Waals surface area contributed by atoms with Gasteiger partial charge in [0.2, 0.25) is 0 Å². The van der Waals surface area contributed by atoms with E-state index in [0.29, 0.717) is 24.7 Å². The number of hydrogen-bond donors (Lipinski definition) is 1. The van der Waals surface area contributed by atoms with E-state index in [0.717, 1.165) is 19.3 Å². The van der Waals surface area contributed by atoms with E-state index in [4.69, 9.17) is 11.6 Å². The van der Waals surface area contributed by atoms with Crippen molar-refractivity contribution in [3.8, 4) is 0 Å². The molecule has 0 atom stereocenters. The zero-order chi connectivity index (χ0) is 13.2. The van der Waals surface area contributed by atoms with E-state index in [-0.39, 0.29) is 11.1 Å². The molecule has 0 unspecified atom stereocenters. The molecule has 1 aliphatic rings. The molecule has 1 fully saturated rings. The Morgan fingerprint density at radius 3 is 2.72 bits per heavy atom. The fourth-order valence-corrected chi connectivity index (χ4v) is 3.94. The number of aromatic amines is 1. The lowest BCUT2D eigenvalue weighted by molar-refractivity contribution is 0.227. The van der Waals surface area contributed by atoms with Crippen LogP contribution in [0.15, 0.2) is 11.2 Å². The van der Waals surface area contributed by atoms with E-state index in [1.807, 2.05) is 6.92 Å². The lowest BCUT2D eigenvalue weighted by atomic mass is 9.93. The fourth-order valence-electron chi connectivity index (χ4n) is 2.04. The van der Waals surface area contributed by atoms with Crippen molar-refractivity contribution in [2.45, 2.75) is 43.7 Å². The average molecular weight is 292 g/mol. The van der Waals surface area contributed by atoms with Crippen molar-refractivity contribution in [1.29, 1.82) is 0 Å². The number of nitrogens with one attached hydrogen (secondary N) is 1. The molecule has 1 aromatic rings. The van der Waals surface area contributed by atoms with E-state index in [2.05, 4.69) is 9.97 Å². The first kappa shape index (κ1) is 13.8. The molecule has 5 nitrogen and oxygen atoms in total. The summed E-state index contributed by atoms with van der Waals surface area (Å²) in [6, 6.07) is 0.0992. The maximum absolute atomic E-state index is 12.5. The van der Waals surface area contributed by atoms with Crippen LogP contribution in [-0.4, -0.2) is 41.2 Å². The highest BCUT2D eigenvalue weighted by molar-refractivity contribution is 7.89. The van der Waals surface area contributed by atoms with Crippen molar-refractivity contribution in [3.05, 3.63) is 12.0 Å². The number of imidazole rings is 1. The number of aryl methyl sites for hydroxylation is 1. The second kappa shape index (κ2) is 5.59. The Balaban J connectivity index is 2.26. The van der Waals surface area contributed by atoms with Crippen LogP contribution >= 0.6 is 11.6 Å². The Hall–Kier alpha value is -0.590. The van der Waals surface area contributed by atoms with Crippen molar-refractivity contribution in [3.63, 3.8) is 0 Å². The van der Waals surface area contributed by atoms with Crippen LogP contribution in [0.5, 0.6) is 0 Å². The first-order valence-corrected chi connectivity index (χ1v) is 8.18. The molecule has 1 saturated carbocycles. The molecular weight excluding hydrogens is 274 g/mol. The fraction of sp³-hybridized carbons (Fsp3) is 0.727. The smallest absolute Gasteiger partial charge is 0.260 e. The van der Waals surface area contributed by atoms with Gasteiger partial charge in [-0.2, -0.15) is 4.31 Å². The lowest BCUT2D eigenvalue weighted by Gasteiger charge is -2.35. The minimum atomic E-state index is -3.48. The Bertz CT molecular complexity index is 496. The summed E-state index contributed by atoms with van der Waals surface area (Å²) < 4.78 is 26.5. The van der Waals surface area contributed by atoms with Gasteiger partial charge in [0.05, 0.1) is 6.20 Å². The zero-order valence-electron chi connectivity index (χ0n) is 10.4. The molecule has 1 N–H and O–H groups in total. The van der Waals surface area contributed by atoms with Crippen molar-refractivity contribution in [2.75, 3.05) is 12.4 Å². The number of hydrogen-bond acceptors (Lipinski definition) is 3. The van der Waals surface area contributed by atoms with Gasteiger partial charge in [-0.15, -0.1) is 11.6 Å². The molecular formula is C11H18ClN3O2S. The van der Waals surface area contributed by atoms with Gasteiger partial charge in [-0.25, -0.2) is 13.4 Å². The number of aromatic nitrogens is 2. The van der Waals surface area contributed by atoms with Crippen LogP contribution in [0.4, 0.5) is 0 Å². The predicted octanol–water partition coefficient (Wildman–Crippen LogP) is 1.75. The normalized spacial score (nSPS) is 17.1. The first-order valence-electron chi connectivity index (χ1n) is 6.21. The topological polar surface area (TPSA) is 66.1 Å². The molecule has 1 aliphatic carbocycles. The zero-order valence-corrected chi connectivity index (χ0v) is 12.0. The van der Waals surface area contributed by atoms with Gasteiger partial charge in [0.25, 0.3) is 10.0 Å². The molecule has 2 rings (SSSR count). The molecule has 18 heavy (non-hydrogen) atoms. The van der Waals surface area contributed by atoms with Gasteiger partial charge >= 0.3 is 0 Å². The Morgan fingerprint density at radius 2 is 2.28 bits per heavy atom. The monoisotopic (exact) mass is 291 g/mol. The second-order valence-electron chi connectivity index (χ2n) is 4.44. The Kier molecular flexibility index (Phi) is 4.29. The molecule has 0 bridgehead atoms. The average Bonchev–Trinajstić information content (AvgIpc) is 2.75. The number of H-pyrrole nitrogens is 1. The lowest BCUT2D eigenvalue weighted by Crippen LogP contribution is -2.45. The van der Waals surface area contributed by atoms with E-state index >= 15 is 0 Å². The van der Waals surface area contributed by atoms with Crippen LogP contribution < -0.4 is 0 Å². The third kappa shape index (κ3) is 2.55. The van der Waals surface area contributed by atoms with Crippen molar-refractivity contribution in [2.24, 2.45) is 0 Å². The summed E-state index contributed by atoms with van der Waals surface area (Å²) in [6.07, 6.45) is 5.01. The summed E-state index contributed by atoms with van der Waals surface area (Å²) in [5, 5.41) is 0.177. The van der Waals surface area contributed by atoms with Gasteiger partial charge < -0.3 is 4.98 Å². The Labute approximate surface area is 113 Å². The molecule has 102 valence electrons. The molecule has 1 aromatic heterocycles. The van der Waals surface area contributed by atoms with E-state index in [9.17, 15) is 8.42 Å². The minimum absolute atomic E-state index is 0.0992. The predicted molar refractivity (Wildman–Crippen MR) is 70.2 cm³/mol. The van der Waals surface area contributed by atoms with Gasteiger partial charge in [0.15, 0.2) is 5.03 Å². The van der Waals surface area contributed by atoms with Crippen molar-refractivity contribution in [1.82, 2.24) is 14.3 Å². The van der Waals surface area contributed by atoms with Crippen LogP contribution in [-0.2, 0) is 16.4 Å². The van der Waals surface area contributed by atoms with Gasteiger partial charge in [-0.05, 0) is 12.8 Å². The summed E-state index contributed by atoms with van der Waals surface area (Å²) in [4.78, 5) is 6.91. The van der Waals surface area contributed by atoms with Gasteiger partial charge in [0, 0.05) is 24.9 Å². The van der Waals surface area contributed by atoms with Crippen molar-refractivity contribution >= 4 is 21.6 Å². The summed E-state index contributed by atoms with van der Waals surface area (Å²) in [5.74, 6) is 0.998. The number of nitrogens with zero attached hydrogens (tertiary/aromatic N) is 2. The number of alkyl halides is 1. The highest BCUT2D eigenvalue weighted by Crippen LogP contribution is 2.29.